The standard InChI is InChI=1S/C3H5Br2NO3/c4-3(5,2-7)1-6(8)9/h7H,1-2H2. The summed E-state index contributed by atoms with van der Waals surface area (Å²) in [6, 6.07) is 0. The molecule has 0 saturated heterocycles. The molecule has 6 heteroatoms. The Labute approximate surface area is 68.7 Å². The molecule has 0 aromatic carbocycles. The summed E-state index contributed by atoms with van der Waals surface area (Å²) in [6.07, 6.45) is 0. The van der Waals surface area contributed by atoms with Crippen LogP contribution < -0.4 is 0 Å². The highest BCUT2D eigenvalue weighted by atomic mass is 79.9. The number of hydrogen-bond acceptors (Lipinski definition) is 3. The van der Waals surface area contributed by atoms with Crippen LogP contribution in [0.3, 0.4) is 0 Å². The molecule has 0 radical (unpaired) electrons. The van der Waals surface area contributed by atoms with Crippen LogP contribution in [0.5, 0.6) is 0 Å². The van der Waals surface area contributed by atoms with Gasteiger partial charge in [-0.3, -0.25) is 10.1 Å². The molecule has 4 nitrogen and oxygen atoms in total. The van der Waals surface area contributed by atoms with Gasteiger partial charge in [0.1, 0.15) is 0 Å². The van der Waals surface area contributed by atoms with Gasteiger partial charge in [0.25, 0.3) is 0 Å². The zero-order valence-electron chi connectivity index (χ0n) is 4.38. The van der Waals surface area contributed by atoms with Crippen LogP contribution in [0.1, 0.15) is 0 Å². The maximum absolute atomic E-state index is 9.81. The fourth-order valence-corrected chi connectivity index (χ4v) is 0.648. The van der Waals surface area contributed by atoms with Crippen molar-refractivity contribution in [2.45, 2.75) is 3.23 Å². The molecular weight excluding hydrogens is 258 g/mol. The first-order chi connectivity index (χ1) is 3.98. The highest BCUT2D eigenvalue weighted by Gasteiger charge is 2.27. The number of aliphatic hydroxyl groups is 1. The Balaban J connectivity index is 3.71. The molecule has 0 bridgehead atoms. The molecule has 0 atom stereocenters. The van der Waals surface area contributed by atoms with Crippen molar-refractivity contribution in [3.05, 3.63) is 10.1 Å². The summed E-state index contributed by atoms with van der Waals surface area (Å²) >= 11 is 5.81. The number of hydrogen-bond donors (Lipinski definition) is 1. The van der Waals surface area contributed by atoms with E-state index in [1.807, 2.05) is 0 Å². The molecule has 0 fully saturated rings. The lowest BCUT2D eigenvalue weighted by molar-refractivity contribution is -0.480. The highest BCUT2D eigenvalue weighted by molar-refractivity contribution is 9.25. The average molecular weight is 263 g/mol. The second-order valence-corrected chi connectivity index (χ2v) is 5.60. The van der Waals surface area contributed by atoms with Gasteiger partial charge in [-0.15, -0.1) is 0 Å². The summed E-state index contributed by atoms with van der Waals surface area (Å²) in [4.78, 5) is 9.29. The number of aliphatic hydroxyl groups excluding tert-OH is 1. The largest absolute Gasteiger partial charge is 0.394 e. The van der Waals surface area contributed by atoms with Crippen LogP contribution >= 0.6 is 31.9 Å². The molecule has 0 aromatic rings. The van der Waals surface area contributed by atoms with Crippen molar-refractivity contribution in [1.82, 2.24) is 0 Å². The smallest absolute Gasteiger partial charge is 0.231 e. The first-order valence-electron chi connectivity index (χ1n) is 2.08. The third kappa shape index (κ3) is 4.80. The molecule has 0 aromatic heterocycles. The van der Waals surface area contributed by atoms with Gasteiger partial charge in [-0.05, 0) is 0 Å². The Hall–Kier alpha value is 0.320. The second-order valence-electron chi connectivity index (χ2n) is 1.50. The van der Waals surface area contributed by atoms with Crippen LogP contribution in [0.15, 0.2) is 0 Å². The molecule has 0 unspecified atom stereocenters. The van der Waals surface area contributed by atoms with Gasteiger partial charge in [0.05, 0.1) is 6.61 Å². The molecular formula is C3H5Br2NO3. The molecule has 0 heterocycles. The lowest BCUT2D eigenvalue weighted by Crippen LogP contribution is -2.27. The average Bonchev–Trinajstić information content (AvgIpc) is 1.63. The van der Waals surface area contributed by atoms with Crippen molar-refractivity contribution in [3.63, 3.8) is 0 Å². The van der Waals surface area contributed by atoms with Crippen molar-refractivity contribution >= 4 is 31.9 Å². The van der Waals surface area contributed by atoms with E-state index in [-0.39, 0.29) is 13.2 Å². The zero-order valence-corrected chi connectivity index (χ0v) is 7.55. The number of rotatable bonds is 3. The van der Waals surface area contributed by atoms with Gasteiger partial charge in [-0.25, -0.2) is 0 Å². The maximum Gasteiger partial charge on any atom is 0.231 e. The van der Waals surface area contributed by atoms with E-state index in [1.54, 1.807) is 0 Å². The lowest BCUT2D eigenvalue weighted by Gasteiger charge is -2.09. The van der Waals surface area contributed by atoms with Gasteiger partial charge in [-0.1, -0.05) is 31.9 Å². The van der Waals surface area contributed by atoms with E-state index in [0.717, 1.165) is 0 Å². The minimum atomic E-state index is -0.955. The maximum atomic E-state index is 9.81. The van der Waals surface area contributed by atoms with Crippen LogP contribution in [0.4, 0.5) is 0 Å². The SMILES string of the molecule is O=[N+]([O-])CC(Br)(Br)CO. The van der Waals surface area contributed by atoms with Crippen molar-refractivity contribution in [2.75, 3.05) is 13.2 Å². The second kappa shape index (κ2) is 3.48. The molecule has 0 aliphatic heterocycles. The number of alkyl halides is 2. The minimum absolute atomic E-state index is 0.312. The first kappa shape index (κ1) is 9.32. The lowest BCUT2D eigenvalue weighted by atomic mass is 10.5. The monoisotopic (exact) mass is 261 g/mol. The highest BCUT2D eigenvalue weighted by Crippen LogP contribution is 2.24. The molecule has 0 amide bonds. The summed E-state index contributed by atoms with van der Waals surface area (Å²) in [5.74, 6) is 0. The number of nitro groups is 1. The van der Waals surface area contributed by atoms with Crippen molar-refractivity contribution in [1.29, 1.82) is 0 Å². The Bertz CT molecular complexity index is 116. The van der Waals surface area contributed by atoms with E-state index in [2.05, 4.69) is 31.9 Å². The van der Waals surface area contributed by atoms with Crippen LogP contribution in [0.2, 0.25) is 0 Å². The van der Waals surface area contributed by atoms with E-state index in [4.69, 9.17) is 5.11 Å². The van der Waals surface area contributed by atoms with Gasteiger partial charge in [0.15, 0.2) is 3.23 Å². The third-order valence-electron chi connectivity index (χ3n) is 0.592. The molecule has 0 spiro atoms. The Morgan fingerprint density at radius 3 is 2.22 bits per heavy atom. The van der Waals surface area contributed by atoms with Crippen LogP contribution in [0.25, 0.3) is 0 Å². The van der Waals surface area contributed by atoms with Gasteiger partial charge in [0, 0.05) is 4.92 Å². The van der Waals surface area contributed by atoms with Crippen LogP contribution in [-0.4, -0.2) is 26.4 Å². The Morgan fingerprint density at radius 1 is 1.67 bits per heavy atom. The van der Waals surface area contributed by atoms with Gasteiger partial charge < -0.3 is 5.11 Å². The van der Waals surface area contributed by atoms with E-state index in [9.17, 15) is 10.1 Å². The van der Waals surface area contributed by atoms with Crippen LogP contribution in [-0.2, 0) is 0 Å². The molecule has 1 N–H and O–H groups in total. The predicted octanol–water partition coefficient (Wildman–Crippen LogP) is 0.741. The van der Waals surface area contributed by atoms with Gasteiger partial charge in [0.2, 0.25) is 6.54 Å². The summed E-state index contributed by atoms with van der Waals surface area (Å²) in [5, 5.41) is 18.3. The zero-order chi connectivity index (χ0) is 7.49. The summed E-state index contributed by atoms with van der Waals surface area (Å²) in [6.45, 7) is -0.655. The fraction of sp³-hybridized carbons (Fsp3) is 1.00. The van der Waals surface area contributed by atoms with E-state index in [1.165, 1.54) is 0 Å². The summed E-state index contributed by atoms with van der Waals surface area (Å²) in [5.41, 5.74) is 0. The molecule has 9 heavy (non-hydrogen) atoms. The fourth-order valence-electron chi connectivity index (χ4n) is 0.239. The van der Waals surface area contributed by atoms with Gasteiger partial charge in [-0.2, -0.15) is 0 Å². The molecule has 0 aliphatic rings. The Kier molecular flexibility index (Phi) is 3.60. The quantitative estimate of drug-likeness (QED) is 0.464. The van der Waals surface area contributed by atoms with E-state index in [0.29, 0.717) is 0 Å². The van der Waals surface area contributed by atoms with Crippen molar-refractivity contribution < 1.29 is 10.0 Å². The van der Waals surface area contributed by atoms with E-state index < -0.39 is 8.16 Å². The molecule has 54 valence electrons. The molecule has 0 aliphatic carbocycles. The first-order valence-corrected chi connectivity index (χ1v) is 3.67. The van der Waals surface area contributed by atoms with Gasteiger partial charge >= 0.3 is 0 Å². The van der Waals surface area contributed by atoms with E-state index >= 15 is 0 Å². The minimum Gasteiger partial charge on any atom is -0.394 e. The molecule has 0 saturated carbocycles. The normalized spacial score (nSPS) is 11.4. The van der Waals surface area contributed by atoms with Crippen molar-refractivity contribution in [3.8, 4) is 0 Å². The predicted molar refractivity (Wildman–Crippen MR) is 39.5 cm³/mol. The Morgan fingerprint density at radius 2 is 2.11 bits per heavy atom. The third-order valence-corrected chi connectivity index (χ3v) is 1.59. The topological polar surface area (TPSA) is 63.4 Å². The van der Waals surface area contributed by atoms with Crippen LogP contribution in [0, 0.1) is 10.1 Å². The summed E-state index contributed by atoms with van der Waals surface area (Å²) < 4.78 is -0.955. The summed E-state index contributed by atoms with van der Waals surface area (Å²) in [7, 11) is 0. The number of halogens is 2. The van der Waals surface area contributed by atoms with Crippen molar-refractivity contribution in [2.24, 2.45) is 0 Å². The molecule has 0 rings (SSSR count). The number of nitrogens with zero attached hydrogens (tertiary/aromatic N) is 1.